The first kappa shape index (κ1) is 11.5. The standard InChI is InChI=1S/C8H15NO4S/c1-9(6-8(10)11)7-2-4-14(12,13)5-3-7/h7H,2-6H2,1H3,(H,10,11). The minimum Gasteiger partial charge on any atom is -0.480 e. The van der Waals surface area contributed by atoms with Crippen molar-refractivity contribution >= 4 is 15.8 Å². The molecule has 0 aromatic rings. The Labute approximate surface area is 83.6 Å². The summed E-state index contributed by atoms with van der Waals surface area (Å²) in [6.45, 7) is -0.0231. The summed E-state index contributed by atoms with van der Waals surface area (Å²) in [6.07, 6.45) is 1.10. The number of carboxylic acid groups (broad SMARTS) is 1. The molecule has 0 aliphatic carbocycles. The van der Waals surface area contributed by atoms with E-state index in [1.165, 1.54) is 0 Å². The van der Waals surface area contributed by atoms with Crippen molar-refractivity contribution in [2.24, 2.45) is 0 Å². The maximum atomic E-state index is 11.1. The lowest BCUT2D eigenvalue weighted by atomic mass is 10.1. The predicted molar refractivity (Wildman–Crippen MR) is 51.9 cm³/mol. The molecule has 0 radical (unpaired) electrons. The summed E-state index contributed by atoms with van der Waals surface area (Å²) in [4.78, 5) is 12.1. The number of carboxylic acids is 1. The average Bonchev–Trinajstić information content (AvgIpc) is 2.02. The third kappa shape index (κ3) is 3.26. The van der Waals surface area contributed by atoms with Crippen LogP contribution in [-0.2, 0) is 14.6 Å². The van der Waals surface area contributed by atoms with Crippen molar-refractivity contribution in [1.82, 2.24) is 4.90 Å². The Hall–Kier alpha value is -0.620. The molecule has 0 unspecified atom stereocenters. The third-order valence-electron chi connectivity index (χ3n) is 2.53. The highest BCUT2D eigenvalue weighted by Crippen LogP contribution is 2.16. The van der Waals surface area contributed by atoms with Crippen molar-refractivity contribution in [2.45, 2.75) is 18.9 Å². The summed E-state index contributed by atoms with van der Waals surface area (Å²) in [6, 6.07) is 0.0922. The van der Waals surface area contributed by atoms with Gasteiger partial charge in [0.15, 0.2) is 0 Å². The third-order valence-corrected chi connectivity index (χ3v) is 4.25. The highest BCUT2D eigenvalue weighted by molar-refractivity contribution is 7.91. The van der Waals surface area contributed by atoms with Crippen LogP contribution in [0.15, 0.2) is 0 Å². The zero-order valence-electron chi connectivity index (χ0n) is 8.14. The van der Waals surface area contributed by atoms with Gasteiger partial charge in [0.05, 0.1) is 18.1 Å². The fourth-order valence-electron chi connectivity index (χ4n) is 1.66. The first-order chi connectivity index (χ1) is 6.41. The van der Waals surface area contributed by atoms with Gasteiger partial charge in [0, 0.05) is 6.04 Å². The van der Waals surface area contributed by atoms with E-state index in [-0.39, 0.29) is 24.1 Å². The summed E-state index contributed by atoms with van der Waals surface area (Å²) in [5.41, 5.74) is 0. The molecule has 1 aliphatic heterocycles. The SMILES string of the molecule is CN(CC(=O)O)C1CCS(=O)(=O)CC1. The summed E-state index contributed by atoms with van der Waals surface area (Å²) in [5.74, 6) is -0.510. The Morgan fingerprint density at radius 3 is 2.36 bits per heavy atom. The summed E-state index contributed by atoms with van der Waals surface area (Å²) in [5, 5.41) is 8.56. The lowest BCUT2D eigenvalue weighted by Crippen LogP contribution is -2.41. The molecule has 1 aliphatic rings. The van der Waals surface area contributed by atoms with Crippen LogP contribution in [0.2, 0.25) is 0 Å². The smallest absolute Gasteiger partial charge is 0.317 e. The zero-order chi connectivity index (χ0) is 10.8. The minimum atomic E-state index is -2.85. The predicted octanol–water partition coefficient (Wildman–Crippen LogP) is -0.420. The van der Waals surface area contributed by atoms with E-state index in [9.17, 15) is 13.2 Å². The van der Waals surface area contributed by atoms with Gasteiger partial charge in [-0.3, -0.25) is 9.69 Å². The molecule has 0 aromatic heterocycles. The number of aliphatic carboxylic acids is 1. The summed E-state index contributed by atoms with van der Waals surface area (Å²) < 4.78 is 22.2. The lowest BCUT2D eigenvalue weighted by molar-refractivity contribution is -0.138. The molecule has 0 aromatic carbocycles. The van der Waals surface area contributed by atoms with Crippen LogP contribution in [0.3, 0.4) is 0 Å². The summed E-state index contributed by atoms with van der Waals surface area (Å²) in [7, 11) is -1.13. The van der Waals surface area contributed by atoms with Crippen molar-refractivity contribution in [3.63, 3.8) is 0 Å². The molecule has 1 fully saturated rings. The Morgan fingerprint density at radius 2 is 1.93 bits per heavy atom. The number of rotatable bonds is 3. The van der Waals surface area contributed by atoms with E-state index in [1.54, 1.807) is 11.9 Å². The maximum absolute atomic E-state index is 11.1. The van der Waals surface area contributed by atoms with Gasteiger partial charge >= 0.3 is 5.97 Å². The molecule has 0 atom stereocenters. The van der Waals surface area contributed by atoms with E-state index < -0.39 is 15.8 Å². The second-order valence-electron chi connectivity index (χ2n) is 3.69. The molecule has 1 N–H and O–H groups in total. The van der Waals surface area contributed by atoms with E-state index >= 15 is 0 Å². The largest absolute Gasteiger partial charge is 0.480 e. The molecule has 5 nitrogen and oxygen atoms in total. The Bertz CT molecular complexity index is 297. The van der Waals surface area contributed by atoms with Crippen LogP contribution >= 0.6 is 0 Å². The summed E-state index contributed by atoms with van der Waals surface area (Å²) >= 11 is 0. The van der Waals surface area contributed by atoms with E-state index in [1.807, 2.05) is 0 Å². The Kier molecular flexibility index (Phi) is 3.49. The molecule has 82 valence electrons. The van der Waals surface area contributed by atoms with Crippen molar-refractivity contribution in [3.8, 4) is 0 Å². The van der Waals surface area contributed by atoms with Gasteiger partial charge in [0.1, 0.15) is 9.84 Å². The number of nitrogens with zero attached hydrogens (tertiary/aromatic N) is 1. The molecule has 0 amide bonds. The van der Waals surface area contributed by atoms with Gasteiger partial charge in [-0.25, -0.2) is 8.42 Å². The molecule has 1 rings (SSSR count). The average molecular weight is 221 g/mol. The van der Waals surface area contributed by atoms with Gasteiger partial charge in [-0.1, -0.05) is 0 Å². The minimum absolute atomic E-state index is 0.0231. The van der Waals surface area contributed by atoms with Gasteiger partial charge in [0.25, 0.3) is 0 Å². The van der Waals surface area contributed by atoms with Crippen LogP contribution in [0, 0.1) is 0 Å². The maximum Gasteiger partial charge on any atom is 0.317 e. The van der Waals surface area contributed by atoms with E-state index in [0.29, 0.717) is 12.8 Å². The van der Waals surface area contributed by atoms with Crippen molar-refractivity contribution < 1.29 is 18.3 Å². The van der Waals surface area contributed by atoms with Gasteiger partial charge in [0.2, 0.25) is 0 Å². The molecular weight excluding hydrogens is 206 g/mol. The molecule has 1 saturated heterocycles. The normalized spacial score (nSPS) is 22.4. The second-order valence-corrected chi connectivity index (χ2v) is 6.00. The van der Waals surface area contributed by atoms with Crippen molar-refractivity contribution in [2.75, 3.05) is 25.1 Å². The highest BCUT2D eigenvalue weighted by atomic mass is 32.2. The molecular formula is C8H15NO4S. The zero-order valence-corrected chi connectivity index (χ0v) is 8.96. The van der Waals surface area contributed by atoms with Gasteiger partial charge in [-0.2, -0.15) is 0 Å². The number of hydrogen-bond acceptors (Lipinski definition) is 4. The van der Waals surface area contributed by atoms with Crippen LogP contribution < -0.4 is 0 Å². The van der Waals surface area contributed by atoms with Gasteiger partial charge in [-0.05, 0) is 19.9 Å². The van der Waals surface area contributed by atoms with Crippen LogP contribution in [0.25, 0.3) is 0 Å². The van der Waals surface area contributed by atoms with E-state index in [0.717, 1.165) is 0 Å². The lowest BCUT2D eigenvalue weighted by Gasteiger charge is -2.29. The topological polar surface area (TPSA) is 74.7 Å². The van der Waals surface area contributed by atoms with Gasteiger partial charge in [-0.15, -0.1) is 0 Å². The van der Waals surface area contributed by atoms with Gasteiger partial charge < -0.3 is 5.11 Å². The second kappa shape index (κ2) is 4.27. The van der Waals surface area contributed by atoms with Crippen LogP contribution in [0.4, 0.5) is 0 Å². The number of carbonyl (C=O) groups is 1. The molecule has 14 heavy (non-hydrogen) atoms. The fourth-order valence-corrected chi connectivity index (χ4v) is 3.13. The fraction of sp³-hybridized carbons (Fsp3) is 0.875. The van der Waals surface area contributed by atoms with Crippen LogP contribution in [-0.4, -0.2) is 55.5 Å². The highest BCUT2D eigenvalue weighted by Gasteiger charge is 2.26. The molecule has 0 spiro atoms. The number of sulfone groups is 1. The van der Waals surface area contributed by atoms with Crippen molar-refractivity contribution in [1.29, 1.82) is 0 Å². The quantitative estimate of drug-likeness (QED) is 0.700. The van der Waals surface area contributed by atoms with Crippen LogP contribution in [0.5, 0.6) is 0 Å². The van der Waals surface area contributed by atoms with Crippen molar-refractivity contribution in [3.05, 3.63) is 0 Å². The number of hydrogen-bond donors (Lipinski definition) is 1. The monoisotopic (exact) mass is 221 g/mol. The molecule has 0 bridgehead atoms. The first-order valence-electron chi connectivity index (χ1n) is 4.53. The van der Waals surface area contributed by atoms with E-state index in [4.69, 9.17) is 5.11 Å². The molecule has 0 saturated carbocycles. The molecule has 6 heteroatoms. The first-order valence-corrected chi connectivity index (χ1v) is 6.35. The number of likely N-dealkylation sites (N-methyl/N-ethyl adjacent to an activating group) is 1. The Morgan fingerprint density at radius 1 is 1.43 bits per heavy atom. The molecule has 1 heterocycles. The Balaban J connectivity index is 2.45. The van der Waals surface area contributed by atoms with E-state index in [2.05, 4.69) is 0 Å². The van der Waals surface area contributed by atoms with Crippen LogP contribution in [0.1, 0.15) is 12.8 Å².